The van der Waals surface area contributed by atoms with Gasteiger partial charge in [0.15, 0.2) is 0 Å². The molecule has 1 aromatic carbocycles. The summed E-state index contributed by atoms with van der Waals surface area (Å²) >= 11 is 0. The number of piperidine rings is 1. The third-order valence-corrected chi connectivity index (χ3v) is 5.93. The molecule has 0 saturated carbocycles. The van der Waals surface area contributed by atoms with Gasteiger partial charge in [-0.25, -0.2) is 13.1 Å². The van der Waals surface area contributed by atoms with Crippen LogP contribution >= 0.6 is 0 Å². The Bertz CT molecular complexity index is 863. The molecule has 0 atom stereocenters. The van der Waals surface area contributed by atoms with E-state index >= 15 is 0 Å². The van der Waals surface area contributed by atoms with Gasteiger partial charge >= 0.3 is 0 Å². The monoisotopic (exact) mass is 374 g/mol. The number of carbonyl (C=O) groups is 1. The number of hydrogen-bond donors (Lipinski definition) is 1. The van der Waals surface area contributed by atoms with Crippen LogP contribution in [0.4, 0.5) is 0 Å². The molecule has 0 spiro atoms. The van der Waals surface area contributed by atoms with E-state index in [1.807, 2.05) is 6.92 Å². The topological polar surface area (TPSA) is 79.6 Å². The molecule has 2 aromatic rings. The van der Waals surface area contributed by atoms with E-state index in [1.54, 1.807) is 53.6 Å². The minimum Gasteiger partial charge on any atom is -0.465 e. The molecule has 26 heavy (non-hydrogen) atoms. The number of sulfonamides is 1. The van der Waals surface area contributed by atoms with Gasteiger partial charge in [-0.3, -0.25) is 4.79 Å². The molecular formula is C19H22N2O4S. The van der Waals surface area contributed by atoms with Gasteiger partial charge in [-0.1, -0.05) is 17.7 Å². The Balaban J connectivity index is 1.53. The van der Waals surface area contributed by atoms with Crippen LogP contribution in [-0.2, 0) is 14.8 Å². The maximum atomic E-state index is 12.4. The lowest BCUT2D eigenvalue weighted by atomic mass is 10.1. The van der Waals surface area contributed by atoms with E-state index in [-0.39, 0.29) is 16.8 Å². The predicted octanol–water partition coefficient (Wildman–Crippen LogP) is 2.57. The fraction of sp³-hybridized carbons (Fsp3) is 0.316. The summed E-state index contributed by atoms with van der Waals surface area (Å²) in [5, 5.41) is 0. The molecule has 1 aliphatic rings. The first-order valence-corrected chi connectivity index (χ1v) is 10.0. The fourth-order valence-corrected chi connectivity index (χ4v) is 4.17. The van der Waals surface area contributed by atoms with Crippen LogP contribution in [0.2, 0.25) is 0 Å². The maximum Gasteiger partial charge on any atom is 0.246 e. The summed E-state index contributed by atoms with van der Waals surface area (Å²) < 4.78 is 32.8. The molecule has 0 aliphatic carbocycles. The number of rotatable bonds is 5. The first-order chi connectivity index (χ1) is 12.4. The highest BCUT2D eigenvalue weighted by atomic mass is 32.2. The first kappa shape index (κ1) is 18.4. The Kier molecular flexibility index (Phi) is 5.58. The fourth-order valence-electron chi connectivity index (χ4n) is 2.87. The summed E-state index contributed by atoms with van der Waals surface area (Å²) in [6.07, 6.45) is 5.84. The van der Waals surface area contributed by atoms with Gasteiger partial charge in [0.25, 0.3) is 0 Å². The van der Waals surface area contributed by atoms with Crippen molar-refractivity contribution in [2.45, 2.75) is 30.7 Å². The summed E-state index contributed by atoms with van der Waals surface area (Å²) in [6.45, 7) is 2.95. The van der Waals surface area contributed by atoms with Gasteiger partial charge in [-0.15, -0.1) is 0 Å². The van der Waals surface area contributed by atoms with E-state index < -0.39 is 10.0 Å². The maximum absolute atomic E-state index is 12.4. The van der Waals surface area contributed by atoms with E-state index in [0.717, 1.165) is 5.56 Å². The zero-order chi connectivity index (χ0) is 18.6. The summed E-state index contributed by atoms with van der Waals surface area (Å²) in [7, 11) is -3.53. The Labute approximate surface area is 153 Å². The van der Waals surface area contributed by atoms with Crippen LogP contribution in [0, 0.1) is 6.92 Å². The van der Waals surface area contributed by atoms with Crippen molar-refractivity contribution >= 4 is 22.0 Å². The second-order valence-electron chi connectivity index (χ2n) is 6.38. The number of likely N-dealkylation sites (tertiary alicyclic amines) is 1. The van der Waals surface area contributed by atoms with Crippen LogP contribution in [0.25, 0.3) is 6.08 Å². The average Bonchev–Trinajstić information content (AvgIpc) is 3.14. The number of hydrogen-bond acceptors (Lipinski definition) is 4. The van der Waals surface area contributed by atoms with Gasteiger partial charge < -0.3 is 9.32 Å². The zero-order valence-electron chi connectivity index (χ0n) is 14.6. The smallest absolute Gasteiger partial charge is 0.246 e. The Hall–Kier alpha value is -2.38. The third-order valence-electron chi connectivity index (χ3n) is 4.39. The molecule has 1 N–H and O–H groups in total. The van der Waals surface area contributed by atoms with E-state index in [4.69, 9.17) is 4.42 Å². The lowest BCUT2D eigenvalue weighted by Crippen LogP contribution is -2.46. The molecule has 3 rings (SSSR count). The summed E-state index contributed by atoms with van der Waals surface area (Å²) in [6, 6.07) is 10.1. The van der Waals surface area contributed by atoms with E-state index in [2.05, 4.69) is 4.72 Å². The van der Waals surface area contributed by atoms with Crippen molar-refractivity contribution in [2.24, 2.45) is 0 Å². The Morgan fingerprint density at radius 3 is 2.50 bits per heavy atom. The summed E-state index contributed by atoms with van der Waals surface area (Å²) in [5.74, 6) is 0.528. The normalized spacial score (nSPS) is 16.3. The van der Waals surface area contributed by atoms with Gasteiger partial charge in [-0.05, 0) is 50.1 Å². The molecule has 1 saturated heterocycles. The molecule has 1 aliphatic heterocycles. The Morgan fingerprint density at radius 2 is 1.88 bits per heavy atom. The van der Waals surface area contributed by atoms with Crippen molar-refractivity contribution in [1.82, 2.24) is 9.62 Å². The van der Waals surface area contributed by atoms with Crippen molar-refractivity contribution in [1.29, 1.82) is 0 Å². The van der Waals surface area contributed by atoms with Crippen LogP contribution in [0.5, 0.6) is 0 Å². The molecule has 6 nitrogen and oxygen atoms in total. The van der Waals surface area contributed by atoms with Crippen molar-refractivity contribution in [3.8, 4) is 0 Å². The molecule has 138 valence electrons. The summed E-state index contributed by atoms with van der Waals surface area (Å²) in [4.78, 5) is 14.2. The second-order valence-corrected chi connectivity index (χ2v) is 8.10. The number of benzene rings is 1. The van der Waals surface area contributed by atoms with Crippen molar-refractivity contribution in [2.75, 3.05) is 13.1 Å². The van der Waals surface area contributed by atoms with Gasteiger partial charge in [-0.2, -0.15) is 0 Å². The molecule has 0 unspecified atom stereocenters. The van der Waals surface area contributed by atoms with Crippen LogP contribution < -0.4 is 4.72 Å². The highest BCUT2D eigenvalue weighted by Gasteiger charge is 2.25. The minimum absolute atomic E-state index is 0.0961. The molecule has 1 aromatic heterocycles. The molecular weight excluding hydrogens is 352 g/mol. The molecule has 1 fully saturated rings. The van der Waals surface area contributed by atoms with Crippen LogP contribution in [0.3, 0.4) is 0 Å². The second kappa shape index (κ2) is 7.88. The average molecular weight is 374 g/mol. The molecule has 7 heteroatoms. The quantitative estimate of drug-likeness (QED) is 0.816. The molecule has 1 amide bonds. The van der Waals surface area contributed by atoms with Gasteiger partial charge in [0.05, 0.1) is 11.2 Å². The molecule has 0 radical (unpaired) electrons. The predicted molar refractivity (Wildman–Crippen MR) is 98.8 cm³/mol. The summed E-state index contributed by atoms with van der Waals surface area (Å²) in [5.41, 5.74) is 1.01. The number of carbonyl (C=O) groups excluding carboxylic acids is 1. The van der Waals surface area contributed by atoms with Crippen molar-refractivity contribution in [3.63, 3.8) is 0 Å². The zero-order valence-corrected chi connectivity index (χ0v) is 15.4. The number of amides is 1. The minimum atomic E-state index is -3.53. The molecule has 0 bridgehead atoms. The van der Waals surface area contributed by atoms with Crippen molar-refractivity contribution in [3.05, 3.63) is 60.1 Å². The molecule has 2 heterocycles. The highest BCUT2D eigenvalue weighted by Crippen LogP contribution is 2.16. The van der Waals surface area contributed by atoms with Crippen LogP contribution in [0.15, 0.2) is 58.1 Å². The number of furan rings is 1. The number of aryl methyl sites for hydroxylation is 1. The number of nitrogens with zero attached hydrogens (tertiary/aromatic N) is 1. The van der Waals surface area contributed by atoms with Gasteiger partial charge in [0.1, 0.15) is 5.76 Å². The largest absolute Gasteiger partial charge is 0.465 e. The van der Waals surface area contributed by atoms with E-state index in [0.29, 0.717) is 31.7 Å². The van der Waals surface area contributed by atoms with E-state index in [1.165, 1.54) is 6.08 Å². The third kappa shape index (κ3) is 4.62. The lowest BCUT2D eigenvalue weighted by Gasteiger charge is -2.31. The number of nitrogens with one attached hydrogen (secondary N) is 1. The standard InChI is InChI=1S/C19H22N2O4S/c1-15-4-7-18(8-5-15)26(23,24)20-16-10-12-21(13-11-16)19(22)9-6-17-3-2-14-25-17/h2-9,14,16,20H,10-13H2,1H3/b9-6+. The SMILES string of the molecule is Cc1ccc(S(=O)(=O)NC2CCN(C(=O)/C=C/c3ccco3)CC2)cc1. The van der Waals surface area contributed by atoms with Crippen molar-refractivity contribution < 1.29 is 17.6 Å². The lowest BCUT2D eigenvalue weighted by molar-refractivity contribution is -0.126. The Morgan fingerprint density at radius 1 is 1.19 bits per heavy atom. The highest BCUT2D eigenvalue weighted by molar-refractivity contribution is 7.89. The first-order valence-electron chi connectivity index (χ1n) is 8.53. The van der Waals surface area contributed by atoms with Crippen LogP contribution in [-0.4, -0.2) is 38.4 Å². The van der Waals surface area contributed by atoms with Gasteiger partial charge in [0.2, 0.25) is 15.9 Å². The van der Waals surface area contributed by atoms with E-state index in [9.17, 15) is 13.2 Å². The van der Waals surface area contributed by atoms with Gasteiger partial charge in [0, 0.05) is 25.2 Å². The van der Waals surface area contributed by atoms with Crippen LogP contribution in [0.1, 0.15) is 24.2 Å².